The molecular weight excluding hydrogens is 279 g/mol. The van der Waals surface area contributed by atoms with E-state index in [0.717, 1.165) is 0 Å². The molecular formula is C15H21N2NaO3. The van der Waals surface area contributed by atoms with E-state index in [1.165, 1.54) is 0 Å². The summed E-state index contributed by atoms with van der Waals surface area (Å²) in [6.45, 7) is 7.48. The summed E-state index contributed by atoms with van der Waals surface area (Å²) in [7, 11) is 0. The van der Waals surface area contributed by atoms with Crippen LogP contribution >= 0.6 is 0 Å². The van der Waals surface area contributed by atoms with E-state index in [4.69, 9.17) is 19.8 Å². The Hall–Kier alpha value is -1.06. The van der Waals surface area contributed by atoms with Crippen molar-refractivity contribution in [3.05, 3.63) is 30.3 Å². The second-order valence-corrected chi connectivity index (χ2v) is 4.16. The van der Waals surface area contributed by atoms with E-state index in [-0.39, 0.29) is 42.1 Å². The molecule has 0 aliphatic rings. The van der Waals surface area contributed by atoms with Crippen molar-refractivity contribution in [2.24, 2.45) is 4.99 Å². The minimum absolute atomic E-state index is 0. The molecule has 1 rings (SSSR count). The molecule has 0 saturated heterocycles. The van der Waals surface area contributed by atoms with Gasteiger partial charge in [-0.2, -0.15) is 5.26 Å². The van der Waals surface area contributed by atoms with Crippen LogP contribution in [0.3, 0.4) is 0 Å². The number of hydrogen-bond acceptors (Lipinski definition) is 5. The van der Waals surface area contributed by atoms with Gasteiger partial charge < -0.3 is 14.6 Å². The standard InChI is InChI=1S/C13H16N2O2.C2H5O.Na/c1-4-16-12(15-10-14)13(2,3)17-11-8-6-5-7-9-11;1-2-3;/h5-9H,4H2,1-3H3;2H2,1H3;/q;-1;+1. The maximum Gasteiger partial charge on any atom is 1.00 e. The summed E-state index contributed by atoms with van der Waals surface area (Å²) in [6, 6.07) is 9.36. The largest absolute Gasteiger partial charge is 1.00 e. The van der Waals surface area contributed by atoms with Crippen molar-refractivity contribution in [2.45, 2.75) is 33.3 Å². The van der Waals surface area contributed by atoms with Gasteiger partial charge in [0.15, 0.2) is 5.60 Å². The molecule has 0 aromatic heterocycles. The Kier molecular flexibility index (Phi) is 13.4. The number of aliphatic imine (C=N–C) groups is 1. The maximum atomic E-state index is 8.93. The van der Waals surface area contributed by atoms with Crippen molar-refractivity contribution in [1.82, 2.24) is 0 Å². The Morgan fingerprint density at radius 1 is 1.29 bits per heavy atom. The Bertz CT molecular complexity index is 442. The van der Waals surface area contributed by atoms with Crippen LogP contribution in [-0.2, 0) is 4.74 Å². The third-order valence-electron chi connectivity index (χ3n) is 2.06. The Balaban J connectivity index is 0. The summed E-state index contributed by atoms with van der Waals surface area (Å²) in [5.74, 6) is 0.995. The third-order valence-corrected chi connectivity index (χ3v) is 2.06. The summed E-state index contributed by atoms with van der Waals surface area (Å²) >= 11 is 0. The monoisotopic (exact) mass is 300 g/mol. The summed E-state index contributed by atoms with van der Waals surface area (Å²) in [6.07, 6.45) is 1.73. The van der Waals surface area contributed by atoms with Gasteiger partial charge in [-0.3, -0.25) is 0 Å². The van der Waals surface area contributed by atoms with Gasteiger partial charge in [-0.1, -0.05) is 25.1 Å². The number of benzene rings is 1. The molecule has 0 aliphatic heterocycles. The van der Waals surface area contributed by atoms with Crippen molar-refractivity contribution in [1.29, 1.82) is 5.26 Å². The fourth-order valence-electron chi connectivity index (χ4n) is 1.35. The topological polar surface area (TPSA) is 77.7 Å². The molecule has 0 spiro atoms. The molecule has 0 N–H and O–H groups in total. The first-order chi connectivity index (χ1) is 9.51. The van der Waals surface area contributed by atoms with Gasteiger partial charge in [0.25, 0.3) is 0 Å². The number of nitriles is 1. The number of hydrogen-bond donors (Lipinski definition) is 0. The Morgan fingerprint density at radius 3 is 2.24 bits per heavy atom. The van der Waals surface area contributed by atoms with Gasteiger partial charge in [0.05, 0.1) is 6.61 Å². The van der Waals surface area contributed by atoms with Crippen LogP contribution in [0, 0.1) is 11.5 Å². The molecule has 0 saturated carbocycles. The Labute approximate surface area is 148 Å². The zero-order chi connectivity index (χ0) is 15.4. The molecule has 0 radical (unpaired) electrons. The maximum absolute atomic E-state index is 8.93. The van der Waals surface area contributed by atoms with Gasteiger partial charge >= 0.3 is 29.6 Å². The SMILES string of the molecule is CCOC(=NC#N)C(C)(C)Oc1ccccc1.CC[O-].[Na+]. The van der Waals surface area contributed by atoms with E-state index in [1.54, 1.807) is 13.1 Å². The van der Waals surface area contributed by atoms with E-state index < -0.39 is 5.60 Å². The molecule has 6 heteroatoms. The summed E-state index contributed by atoms with van der Waals surface area (Å²) in [5.41, 5.74) is -0.771. The second-order valence-electron chi connectivity index (χ2n) is 4.16. The van der Waals surface area contributed by atoms with Gasteiger partial charge in [0.2, 0.25) is 12.1 Å². The smallest absolute Gasteiger partial charge is 0.855 e. The quantitative estimate of drug-likeness (QED) is 0.313. The summed E-state index contributed by atoms with van der Waals surface area (Å²) in [5, 5.41) is 17.6. The van der Waals surface area contributed by atoms with Crippen LogP contribution in [0.1, 0.15) is 27.7 Å². The van der Waals surface area contributed by atoms with Gasteiger partial charge in [0.1, 0.15) is 5.75 Å². The van der Waals surface area contributed by atoms with E-state index >= 15 is 0 Å². The van der Waals surface area contributed by atoms with Gasteiger partial charge in [-0.15, -0.1) is 11.6 Å². The zero-order valence-electron chi connectivity index (χ0n) is 13.4. The fraction of sp³-hybridized carbons (Fsp3) is 0.467. The first-order valence-corrected chi connectivity index (χ1v) is 6.44. The molecule has 0 bridgehead atoms. The van der Waals surface area contributed by atoms with Crippen LogP contribution in [0.5, 0.6) is 5.75 Å². The molecule has 5 nitrogen and oxygen atoms in total. The molecule has 0 heterocycles. The number of rotatable bonds is 4. The zero-order valence-corrected chi connectivity index (χ0v) is 15.4. The van der Waals surface area contributed by atoms with Crippen LogP contribution in [0.2, 0.25) is 0 Å². The van der Waals surface area contributed by atoms with Crippen LogP contribution in [0.15, 0.2) is 35.3 Å². The van der Waals surface area contributed by atoms with Crippen molar-refractivity contribution >= 4 is 5.90 Å². The van der Waals surface area contributed by atoms with E-state index in [1.807, 2.05) is 51.1 Å². The molecule has 0 amide bonds. The molecule has 0 unspecified atom stereocenters. The molecule has 1 aromatic carbocycles. The number of nitrogens with zero attached hydrogens (tertiary/aromatic N) is 2. The van der Waals surface area contributed by atoms with Crippen LogP contribution in [0.25, 0.3) is 0 Å². The van der Waals surface area contributed by atoms with Gasteiger partial charge in [0, 0.05) is 0 Å². The minimum Gasteiger partial charge on any atom is -0.855 e. The first-order valence-electron chi connectivity index (χ1n) is 6.44. The fourth-order valence-corrected chi connectivity index (χ4v) is 1.35. The number of para-hydroxylation sites is 1. The van der Waals surface area contributed by atoms with E-state index in [0.29, 0.717) is 12.4 Å². The average Bonchev–Trinajstić information content (AvgIpc) is 2.40. The number of ether oxygens (including phenoxy) is 2. The second kappa shape index (κ2) is 12.7. The van der Waals surface area contributed by atoms with Crippen LogP contribution < -0.4 is 39.4 Å². The molecule has 0 aliphatic carbocycles. The van der Waals surface area contributed by atoms with Crippen molar-refractivity contribution in [3.63, 3.8) is 0 Å². The average molecular weight is 300 g/mol. The van der Waals surface area contributed by atoms with Crippen molar-refractivity contribution < 1.29 is 44.1 Å². The van der Waals surface area contributed by atoms with E-state index in [9.17, 15) is 0 Å². The van der Waals surface area contributed by atoms with Gasteiger partial charge in [-0.25, -0.2) is 0 Å². The minimum atomic E-state index is -0.771. The van der Waals surface area contributed by atoms with Crippen LogP contribution in [0.4, 0.5) is 0 Å². The van der Waals surface area contributed by atoms with Crippen molar-refractivity contribution in [2.75, 3.05) is 13.2 Å². The summed E-state index contributed by atoms with van der Waals surface area (Å²) < 4.78 is 11.1. The predicted octanol–water partition coefficient (Wildman–Crippen LogP) is -0.869. The molecule has 0 fully saturated rings. The summed E-state index contributed by atoms with van der Waals surface area (Å²) in [4.78, 5) is 3.66. The third kappa shape index (κ3) is 9.48. The first kappa shape index (κ1) is 22.2. The molecule has 21 heavy (non-hydrogen) atoms. The van der Waals surface area contributed by atoms with Crippen LogP contribution in [-0.4, -0.2) is 24.7 Å². The van der Waals surface area contributed by atoms with Gasteiger partial charge in [-0.05, 0) is 32.9 Å². The van der Waals surface area contributed by atoms with E-state index in [2.05, 4.69) is 4.99 Å². The normalized spacial score (nSPS) is 10.4. The van der Waals surface area contributed by atoms with Crippen molar-refractivity contribution in [3.8, 4) is 11.9 Å². The molecule has 110 valence electrons. The molecule has 0 atom stereocenters. The Morgan fingerprint density at radius 2 is 1.81 bits per heavy atom. The molecule has 1 aromatic rings. The predicted molar refractivity (Wildman–Crippen MR) is 76.4 cm³/mol.